The predicted octanol–water partition coefficient (Wildman–Crippen LogP) is 3.84. The van der Waals surface area contributed by atoms with E-state index in [4.69, 9.17) is 0 Å². The highest BCUT2D eigenvalue weighted by molar-refractivity contribution is 7.09. The van der Waals surface area contributed by atoms with Crippen LogP contribution in [0, 0.1) is 6.92 Å². The van der Waals surface area contributed by atoms with E-state index in [1.54, 1.807) is 17.8 Å². The van der Waals surface area contributed by atoms with Gasteiger partial charge < -0.3 is 4.90 Å². The summed E-state index contributed by atoms with van der Waals surface area (Å²) in [7, 11) is 1.63. The molecule has 124 valence electrons. The maximum absolute atomic E-state index is 12.6. The van der Waals surface area contributed by atoms with Crippen LogP contribution in [-0.4, -0.2) is 29.1 Å². The first-order valence-electron chi connectivity index (χ1n) is 6.89. The molecule has 1 aromatic heterocycles. The molecule has 0 bridgehead atoms. The van der Waals surface area contributed by atoms with Crippen molar-refractivity contribution in [2.75, 3.05) is 13.6 Å². The molecule has 0 saturated carbocycles. The Morgan fingerprint density at radius 3 is 2.43 bits per heavy atom. The molecule has 0 spiro atoms. The van der Waals surface area contributed by atoms with Gasteiger partial charge in [-0.3, -0.25) is 4.57 Å². The normalized spacial score (nSPS) is 12.5. The van der Waals surface area contributed by atoms with Gasteiger partial charge in [-0.15, -0.1) is 11.3 Å². The van der Waals surface area contributed by atoms with Crippen LogP contribution in [0.5, 0.6) is 0 Å². The third-order valence-electron chi connectivity index (χ3n) is 3.23. The van der Waals surface area contributed by atoms with Crippen molar-refractivity contribution in [3.8, 4) is 5.69 Å². The number of amides is 2. The Morgan fingerprint density at radius 2 is 1.91 bits per heavy atom. The van der Waals surface area contributed by atoms with E-state index in [2.05, 4.69) is 4.99 Å². The molecule has 2 rings (SSSR count). The number of nitrogens with zero attached hydrogens (tertiary/aromatic N) is 3. The number of hydrogen-bond donors (Lipinski definition) is 0. The Hall–Kier alpha value is -2.09. The Labute approximate surface area is 135 Å². The van der Waals surface area contributed by atoms with Gasteiger partial charge in [0.1, 0.15) is 0 Å². The van der Waals surface area contributed by atoms with Gasteiger partial charge >= 0.3 is 12.2 Å². The summed E-state index contributed by atoms with van der Waals surface area (Å²) in [6.07, 6.45) is -2.63. The second kappa shape index (κ2) is 6.57. The highest BCUT2D eigenvalue weighted by Gasteiger charge is 2.30. The third kappa shape index (κ3) is 4.01. The van der Waals surface area contributed by atoms with E-state index in [1.807, 2.05) is 13.8 Å². The molecule has 1 aromatic carbocycles. The molecule has 0 unspecified atom stereocenters. The number of urea groups is 1. The van der Waals surface area contributed by atoms with Gasteiger partial charge in [-0.1, -0.05) is 0 Å². The molecule has 0 radical (unpaired) electrons. The maximum Gasteiger partial charge on any atom is 0.416 e. The van der Waals surface area contributed by atoms with Crippen molar-refractivity contribution in [1.29, 1.82) is 0 Å². The standard InChI is InChI=1S/C15H16F3N3OS/c1-4-20(3)13(22)19-14-21(9-10(2)23-14)12-7-5-11(6-8-12)15(16,17)18/h5-9H,4H2,1-3H3. The van der Waals surface area contributed by atoms with Gasteiger partial charge in [0.05, 0.1) is 5.56 Å². The Balaban J connectivity index is 2.45. The minimum atomic E-state index is -4.37. The van der Waals surface area contributed by atoms with Crippen molar-refractivity contribution in [2.45, 2.75) is 20.0 Å². The smallest absolute Gasteiger partial charge is 0.326 e. The van der Waals surface area contributed by atoms with E-state index in [-0.39, 0.29) is 0 Å². The van der Waals surface area contributed by atoms with Crippen molar-refractivity contribution in [3.05, 3.63) is 45.7 Å². The van der Waals surface area contributed by atoms with Gasteiger partial charge in [-0.05, 0) is 38.1 Å². The quantitative estimate of drug-likeness (QED) is 0.816. The topological polar surface area (TPSA) is 37.6 Å². The molecule has 0 N–H and O–H groups in total. The number of carbonyl (C=O) groups is 1. The van der Waals surface area contributed by atoms with Crippen molar-refractivity contribution >= 4 is 17.4 Å². The Bertz CT molecular complexity index is 760. The molecule has 2 aromatic rings. The summed E-state index contributed by atoms with van der Waals surface area (Å²) >= 11 is 1.30. The molecule has 0 atom stereocenters. The lowest BCUT2D eigenvalue weighted by Gasteiger charge is -2.10. The average Bonchev–Trinajstić information content (AvgIpc) is 2.86. The van der Waals surface area contributed by atoms with E-state index in [1.165, 1.54) is 28.4 Å². The van der Waals surface area contributed by atoms with Gasteiger partial charge in [0.25, 0.3) is 0 Å². The van der Waals surface area contributed by atoms with Crippen LogP contribution in [0.3, 0.4) is 0 Å². The SMILES string of the molecule is CCN(C)C(=O)N=c1sc(C)cn1-c1ccc(C(F)(F)F)cc1. The van der Waals surface area contributed by atoms with Crippen LogP contribution in [0.15, 0.2) is 35.5 Å². The summed E-state index contributed by atoms with van der Waals surface area (Å²) in [5, 5.41) is 0. The van der Waals surface area contributed by atoms with E-state index >= 15 is 0 Å². The summed E-state index contributed by atoms with van der Waals surface area (Å²) in [6, 6.07) is 4.36. The number of benzene rings is 1. The molecular formula is C15H16F3N3OS. The maximum atomic E-state index is 12.6. The fraction of sp³-hybridized carbons (Fsp3) is 0.333. The molecule has 0 aliphatic rings. The highest BCUT2D eigenvalue weighted by Crippen LogP contribution is 2.29. The third-order valence-corrected chi connectivity index (χ3v) is 4.13. The van der Waals surface area contributed by atoms with Gasteiger partial charge in [0.2, 0.25) is 0 Å². The summed E-state index contributed by atoms with van der Waals surface area (Å²) < 4.78 is 39.5. The zero-order valence-electron chi connectivity index (χ0n) is 12.9. The first kappa shape index (κ1) is 17.3. The largest absolute Gasteiger partial charge is 0.416 e. The second-order valence-corrected chi connectivity index (χ2v) is 6.16. The minimum Gasteiger partial charge on any atom is -0.326 e. The summed E-state index contributed by atoms with van der Waals surface area (Å²) in [6.45, 7) is 4.20. The second-order valence-electron chi connectivity index (χ2n) is 4.95. The summed E-state index contributed by atoms with van der Waals surface area (Å²) in [4.78, 5) is 18.7. The van der Waals surface area contributed by atoms with Crippen LogP contribution in [0.1, 0.15) is 17.4 Å². The van der Waals surface area contributed by atoms with Crippen LogP contribution in [0.4, 0.5) is 18.0 Å². The molecule has 0 fully saturated rings. The number of hydrogen-bond acceptors (Lipinski definition) is 2. The van der Waals surface area contributed by atoms with Crippen molar-refractivity contribution in [2.24, 2.45) is 4.99 Å². The molecule has 4 nitrogen and oxygen atoms in total. The number of aromatic nitrogens is 1. The molecule has 0 saturated heterocycles. The summed E-state index contributed by atoms with van der Waals surface area (Å²) in [5.74, 6) is 0. The number of alkyl halides is 3. The number of thiazole rings is 1. The van der Waals surface area contributed by atoms with E-state index in [0.29, 0.717) is 17.0 Å². The molecule has 0 aliphatic heterocycles. The van der Waals surface area contributed by atoms with Crippen molar-refractivity contribution < 1.29 is 18.0 Å². The van der Waals surface area contributed by atoms with Crippen LogP contribution >= 0.6 is 11.3 Å². The minimum absolute atomic E-state index is 0.394. The first-order valence-corrected chi connectivity index (χ1v) is 7.70. The fourth-order valence-corrected chi connectivity index (χ4v) is 2.66. The number of carbonyl (C=O) groups excluding carboxylic acids is 1. The zero-order valence-corrected chi connectivity index (χ0v) is 13.7. The molecule has 23 heavy (non-hydrogen) atoms. The van der Waals surface area contributed by atoms with Gasteiger partial charge in [0, 0.05) is 30.4 Å². The molecule has 2 amide bonds. The molecule has 1 heterocycles. The van der Waals surface area contributed by atoms with Gasteiger partial charge in [-0.2, -0.15) is 18.2 Å². The van der Waals surface area contributed by atoms with Crippen LogP contribution in [0.25, 0.3) is 5.69 Å². The van der Waals surface area contributed by atoms with Crippen molar-refractivity contribution in [3.63, 3.8) is 0 Å². The monoisotopic (exact) mass is 343 g/mol. The number of rotatable bonds is 2. The number of halogens is 3. The molecule has 0 aliphatic carbocycles. The van der Waals surface area contributed by atoms with Crippen LogP contribution in [0.2, 0.25) is 0 Å². The molecule has 8 heteroatoms. The van der Waals surface area contributed by atoms with E-state index in [9.17, 15) is 18.0 Å². The Kier molecular flexibility index (Phi) is 4.93. The average molecular weight is 343 g/mol. The van der Waals surface area contributed by atoms with Crippen LogP contribution < -0.4 is 4.80 Å². The lowest BCUT2D eigenvalue weighted by molar-refractivity contribution is -0.137. The lowest BCUT2D eigenvalue weighted by Crippen LogP contribution is -2.26. The van der Waals surface area contributed by atoms with Crippen LogP contribution in [-0.2, 0) is 6.18 Å². The first-order chi connectivity index (χ1) is 10.7. The fourth-order valence-electron chi connectivity index (χ4n) is 1.83. The number of aryl methyl sites for hydroxylation is 1. The molecular weight excluding hydrogens is 327 g/mol. The summed E-state index contributed by atoms with van der Waals surface area (Å²) in [5.41, 5.74) is -0.192. The van der Waals surface area contributed by atoms with Crippen molar-refractivity contribution in [1.82, 2.24) is 9.47 Å². The lowest BCUT2D eigenvalue weighted by atomic mass is 10.2. The van der Waals surface area contributed by atoms with Gasteiger partial charge in [0.15, 0.2) is 4.80 Å². The predicted molar refractivity (Wildman–Crippen MR) is 82.6 cm³/mol. The zero-order chi connectivity index (χ0) is 17.2. The highest BCUT2D eigenvalue weighted by atomic mass is 32.1. The van der Waals surface area contributed by atoms with E-state index in [0.717, 1.165) is 17.0 Å². The van der Waals surface area contributed by atoms with Gasteiger partial charge in [-0.25, -0.2) is 4.79 Å². The Morgan fingerprint density at radius 1 is 1.30 bits per heavy atom. The van der Waals surface area contributed by atoms with E-state index < -0.39 is 17.8 Å².